The summed E-state index contributed by atoms with van der Waals surface area (Å²) in [5, 5.41) is -0.0539. The maximum atomic E-state index is 12.7. The minimum atomic E-state index is -0.275. The number of benzene rings is 1. The number of hydrogen-bond donors (Lipinski definition) is 0. The predicted octanol–water partition coefficient (Wildman–Crippen LogP) is 2.50. The lowest BCUT2D eigenvalue weighted by molar-refractivity contribution is 0.0996. The zero-order valence-corrected chi connectivity index (χ0v) is 7.32. The Morgan fingerprint density at radius 1 is 1.50 bits per heavy atom. The van der Waals surface area contributed by atoms with Crippen LogP contribution >= 0.6 is 11.8 Å². The fourth-order valence-electron chi connectivity index (χ4n) is 1.26. The average molecular weight is 182 g/mol. The van der Waals surface area contributed by atoms with Crippen molar-refractivity contribution in [1.29, 1.82) is 0 Å². The van der Waals surface area contributed by atoms with E-state index in [1.165, 1.54) is 23.9 Å². The number of hydrogen-bond acceptors (Lipinski definition) is 2. The fourth-order valence-corrected chi connectivity index (χ4v) is 2.35. The average Bonchev–Trinajstić information content (AvgIpc) is 2.28. The largest absolute Gasteiger partial charge is 0.293 e. The summed E-state index contributed by atoms with van der Waals surface area (Å²) in [6.45, 7) is 1.84. The van der Waals surface area contributed by atoms with Gasteiger partial charge in [0.1, 0.15) is 5.82 Å². The second-order valence-corrected chi connectivity index (χ2v) is 4.15. The maximum absolute atomic E-state index is 12.7. The number of rotatable bonds is 0. The highest BCUT2D eigenvalue weighted by atomic mass is 32.2. The third-order valence-electron chi connectivity index (χ3n) is 1.88. The standard InChI is InChI=1S/C9H7FOS/c1-5-9(11)7-3-2-6(10)4-8(7)12-5/h2-5H,1H3. The smallest absolute Gasteiger partial charge is 0.177 e. The highest BCUT2D eigenvalue weighted by Crippen LogP contribution is 2.36. The molecular formula is C9H7FOS. The highest BCUT2D eigenvalue weighted by Gasteiger charge is 2.27. The molecule has 0 fully saturated rings. The molecule has 0 amide bonds. The van der Waals surface area contributed by atoms with Crippen LogP contribution in [0.4, 0.5) is 4.39 Å². The maximum Gasteiger partial charge on any atom is 0.177 e. The van der Waals surface area contributed by atoms with Crippen LogP contribution in [0.5, 0.6) is 0 Å². The zero-order valence-electron chi connectivity index (χ0n) is 6.50. The fraction of sp³-hybridized carbons (Fsp3) is 0.222. The first-order valence-electron chi connectivity index (χ1n) is 3.69. The van der Waals surface area contributed by atoms with Gasteiger partial charge in [-0.05, 0) is 25.1 Å². The lowest BCUT2D eigenvalue weighted by atomic mass is 10.1. The monoisotopic (exact) mass is 182 g/mol. The number of carbonyl (C=O) groups is 1. The minimum Gasteiger partial charge on any atom is -0.293 e. The van der Waals surface area contributed by atoms with Crippen LogP contribution in [-0.4, -0.2) is 11.0 Å². The van der Waals surface area contributed by atoms with E-state index in [9.17, 15) is 9.18 Å². The first-order valence-corrected chi connectivity index (χ1v) is 4.57. The van der Waals surface area contributed by atoms with E-state index in [1.807, 2.05) is 6.92 Å². The van der Waals surface area contributed by atoms with Crippen molar-refractivity contribution in [2.45, 2.75) is 17.1 Å². The van der Waals surface area contributed by atoms with E-state index < -0.39 is 0 Å². The summed E-state index contributed by atoms with van der Waals surface area (Å²) in [6.07, 6.45) is 0. The molecule has 1 unspecified atom stereocenters. The Balaban J connectivity index is 2.54. The summed E-state index contributed by atoms with van der Waals surface area (Å²) in [6, 6.07) is 4.31. The molecule has 1 atom stereocenters. The Morgan fingerprint density at radius 3 is 3.00 bits per heavy atom. The first kappa shape index (κ1) is 7.80. The predicted molar refractivity (Wildman–Crippen MR) is 46.0 cm³/mol. The first-order chi connectivity index (χ1) is 5.68. The molecule has 0 N–H and O–H groups in total. The lowest BCUT2D eigenvalue weighted by Crippen LogP contribution is -2.05. The topological polar surface area (TPSA) is 17.1 Å². The molecule has 1 aromatic carbocycles. The normalized spacial score (nSPS) is 21.2. The van der Waals surface area contributed by atoms with E-state index in [0.29, 0.717) is 5.56 Å². The molecule has 3 heteroatoms. The van der Waals surface area contributed by atoms with Crippen LogP contribution in [-0.2, 0) is 0 Å². The number of Topliss-reactive ketones (excluding diaryl/α,β-unsaturated/α-hetero) is 1. The quantitative estimate of drug-likeness (QED) is 0.613. The van der Waals surface area contributed by atoms with Gasteiger partial charge >= 0.3 is 0 Å². The molecule has 2 rings (SSSR count). The van der Waals surface area contributed by atoms with E-state index in [-0.39, 0.29) is 16.9 Å². The van der Waals surface area contributed by atoms with Crippen molar-refractivity contribution < 1.29 is 9.18 Å². The van der Waals surface area contributed by atoms with E-state index >= 15 is 0 Å². The summed E-state index contributed by atoms with van der Waals surface area (Å²) in [7, 11) is 0. The summed E-state index contributed by atoms with van der Waals surface area (Å²) >= 11 is 1.42. The van der Waals surface area contributed by atoms with Crippen molar-refractivity contribution in [1.82, 2.24) is 0 Å². The van der Waals surface area contributed by atoms with Gasteiger partial charge < -0.3 is 0 Å². The van der Waals surface area contributed by atoms with Crippen LogP contribution in [0, 0.1) is 5.82 Å². The summed E-state index contributed by atoms with van der Waals surface area (Å²) in [5.41, 5.74) is 0.661. The molecule has 0 aliphatic carbocycles. The molecule has 0 saturated carbocycles. The van der Waals surface area contributed by atoms with Crippen molar-refractivity contribution in [3.63, 3.8) is 0 Å². The van der Waals surface area contributed by atoms with Crippen LogP contribution in [0.3, 0.4) is 0 Å². The van der Waals surface area contributed by atoms with Crippen LogP contribution in [0.2, 0.25) is 0 Å². The SMILES string of the molecule is CC1Sc2cc(F)ccc2C1=O. The number of carbonyl (C=O) groups excluding carboxylic acids is 1. The summed E-state index contributed by atoms with van der Waals surface area (Å²) in [5.74, 6) is -0.168. The highest BCUT2D eigenvalue weighted by molar-refractivity contribution is 8.01. The molecule has 12 heavy (non-hydrogen) atoms. The number of fused-ring (bicyclic) bond motifs is 1. The molecule has 1 aliphatic heterocycles. The third kappa shape index (κ3) is 1.05. The van der Waals surface area contributed by atoms with Gasteiger partial charge in [-0.1, -0.05) is 0 Å². The van der Waals surface area contributed by atoms with E-state index in [1.54, 1.807) is 6.07 Å². The molecule has 0 bridgehead atoms. The summed E-state index contributed by atoms with van der Waals surface area (Å²) in [4.78, 5) is 12.1. The summed E-state index contributed by atoms with van der Waals surface area (Å²) < 4.78 is 12.7. The Kier molecular flexibility index (Phi) is 1.68. The Bertz CT molecular complexity index is 348. The van der Waals surface area contributed by atoms with Crippen LogP contribution in [0.25, 0.3) is 0 Å². The van der Waals surface area contributed by atoms with Crippen LogP contribution in [0.1, 0.15) is 17.3 Å². The number of thioether (sulfide) groups is 1. The Morgan fingerprint density at radius 2 is 2.25 bits per heavy atom. The Hall–Kier alpha value is -0.830. The van der Waals surface area contributed by atoms with Gasteiger partial charge in [0.25, 0.3) is 0 Å². The minimum absolute atomic E-state index is 0.0539. The van der Waals surface area contributed by atoms with Crippen molar-refractivity contribution in [2.75, 3.05) is 0 Å². The van der Waals surface area contributed by atoms with Gasteiger partial charge in [-0.25, -0.2) is 4.39 Å². The molecule has 1 aliphatic rings. The van der Waals surface area contributed by atoms with E-state index in [2.05, 4.69) is 0 Å². The van der Waals surface area contributed by atoms with Gasteiger partial charge in [-0.15, -0.1) is 11.8 Å². The second kappa shape index (κ2) is 2.59. The van der Waals surface area contributed by atoms with Gasteiger partial charge in [-0.3, -0.25) is 4.79 Å². The molecule has 0 radical (unpaired) electrons. The zero-order chi connectivity index (χ0) is 8.72. The molecule has 0 saturated heterocycles. The Labute approximate surface area is 74.0 Å². The number of halogens is 1. The van der Waals surface area contributed by atoms with Gasteiger partial charge in [0, 0.05) is 10.5 Å². The van der Waals surface area contributed by atoms with Gasteiger partial charge in [0.15, 0.2) is 5.78 Å². The van der Waals surface area contributed by atoms with Crippen LogP contribution < -0.4 is 0 Å². The van der Waals surface area contributed by atoms with Crippen molar-refractivity contribution in [3.05, 3.63) is 29.6 Å². The molecule has 0 aromatic heterocycles. The molecule has 1 heterocycles. The van der Waals surface area contributed by atoms with Crippen molar-refractivity contribution in [2.24, 2.45) is 0 Å². The lowest BCUT2D eigenvalue weighted by Gasteiger charge is -1.93. The van der Waals surface area contributed by atoms with Gasteiger partial charge in [0.2, 0.25) is 0 Å². The van der Waals surface area contributed by atoms with Crippen molar-refractivity contribution in [3.8, 4) is 0 Å². The molecule has 0 spiro atoms. The van der Waals surface area contributed by atoms with E-state index in [4.69, 9.17) is 0 Å². The molecule has 1 nitrogen and oxygen atoms in total. The number of ketones is 1. The molecule has 1 aromatic rings. The third-order valence-corrected chi connectivity index (χ3v) is 3.04. The van der Waals surface area contributed by atoms with E-state index in [0.717, 1.165) is 4.90 Å². The molecule has 62 valence electrons. The van der Waals surface area contributed by atoms with Crippen molar-refractivity contribution >= 4 is 17.5 Å². The second-order valence-electron chi connectivity index (χ2n) is 2.76. The molecular weight excluding hydrogens is 175 g/mol. The van der Waals surface area contributed by atoms with Gasteiger partial charge in [-0.2, -0.15) is 0 Å². The van der Waals surface area contributed by atoms with Gasteiger partial charge in [0.05, 0.1) is 5.25 Å². The van der Waals surface area contributed by atoms with Crippen LogP contribution in [0.15, 0.2) is 23.1 Å².